The number of rotatable bonds is 0. The second-order valence-corrected chi connectivity index (χ2v) is 0. The molecule has 0 N–H and O–H groups in total. The topological polar surface area (TPSA) is 0 Å². The fraction of sp³-hybridized carbons (Fsp3) is 0. The van der Waals surface area contributed by atoms with Gasteiger partial charge in [-0.15, -0.1) is 11.2 Å². The summed E-state index contributed by atoms with van der Waals surface area (Å²) in [6, 6.07) is 0. The van der Waals surface area contributed by atoms with Crippen LogP contribution < -0.4 is 0 Å². The molecule has 0 radical (unpaired) electrons. The van der Waals surface area contributed by atoms with E-state index in [-0.39, 0.29) is 88.7 Å². The number of hydrogen-bond donors (Lipinski definition) is 0. The molecule has 0 spiro atoms. The predicted octanol–water partition coefficient (Wildman–Crippen LogP) is -0.930. The minimum absolute atomic E-state index is 0. The Kier molecular flexibility index (Phi) is 118. The van der Waals surface area contributed by atoms with Gasteiger partial charge in [0.15, 0.2) is 0 Å². The van der Waals surface area contributed by atoms with Gasteiger partial charge in [-0.25, -0.2) is 0 Å². The van der Waals surface area contributed by atoms with Crippen molar-refractivity contribution in [1.82, 2.24) is 0 Å². The van der Waals surface area contributed by atoms with Gasteiger partial charge in [0.05, 0.1) is 0 Å². The molecule has 1 atom stereocenters. The molecule has 0 aromatic heterocycles. The summed E-state index contributed by atoms with van der Waals surface area (Å²) in [5.41, 5.74) is 0. The van der Waals surface area contributed by atoms with Crippen molar-refractivity contribution in [2.45, 2.75) is 0 Å². The molecule has 0 aromatic rings. The van der Waals surface area contributed by atoms with E-state index in [1.54, 1.807) is 0 Å². The van der Waals surface area contributed by atoms with Crippen molar-refractivity contribution < 1.29 is 0 Å². The first-order valence-electron chi connectivity index (χ1n) is 0.218. The van der Waals surface area contributed by atoms with Crippen molar-refractivity contribution in [2.24, 2.45) is 0 Å². The van der Waals surface area contributed by atoms with Gasteiger partial charge in [0.2, 0.25) is 0 Å². The van der Waals surface area contributed by atoms with E-state index in [9.17, 15) is 0 Å². The maximum absolute atomic E-state index is 4.56. The molecule has 0 saturated heterocycles. The average Bonchev–Trinajstić information content (AvgIpc) is 1.00. The Morgan fingerprint density at radius 3 is 0.800 bits per heavy atom. The van der Waals surface area contributed by atoms with E-state index >= 15 is 0 Å². The van der Waals surface area contributed by atoms with Gasteiger partial charge in [-0.2, -0.15) is 0 Å². The monoisotopic (exact) mass is 140 g/mol. The Labute approximate surface area is 106 Å². The number of halogens is 1. The molecular formula is H5ClNa3P. The molecule has 0 rings (SSSR count). The molecule has 0 fully saturated rings. The van der Waals surface area contributed by atoms with Crippen molar-refractivity contribution >= 4 is 109 Å². The Morgan fingerprint density at radius 1 is 0.800 bits per heavy atom. The van der Waals surface area contributed by atoms with Gasteiger partial charge in [0, 0.05) is 0 Å². The molecule has 20 valence electrons. The Bertz CT molecular complexity index is 6.85. The summed E-state index contributed by atoms with van der Waals surface area (Å²) < 4.78 is 0. The van der Waals surface area contributed by atoms with Gasteiger partial charge in [0.1, 0.15) is 0 Å². The standard InChI is InChI=1S/ClH2P.3Na.3H/c1-2;;;;;;/h2H2;;;;;;. The van der Waals surface area contributed by atoms with Crippen LogP contribution in [0.1, 0.15) is 0 Å². The van der Waals surface area contributed by atoms with Gasteiger partial charge in [-0.3, -0.25) is 0 Å². The summed E-state index contributed by atoms with van der Waals surface area (Å²) in [5, 5.41) is 0. The van der Waals surface area contributed by atoms with E-state index < -0.39 is 0 Å². The number of hydrogen-bond acceptors (Lipinski definition) is 0. The van der Waals surface area contributed by atoms with Crippen molar-refractivity contribution in [1.29, 1.82) is 0 Å². The molecular weight excluding hydrogens is 135 g/mol. The van der Waals surface area contributed by atoms with Crippen molar-refractivity contribution in [3.63, 3.8) is 0 Å². The third-order valence-electron chi connectivity index (χ3n) is 0. The predicted molar refractivity (Wildman–Crippen MR) is 37.0 cm³/mol. The molecule has 1 unspecified atom stereocenters. The van der Waals surface area contributed by atoms with Crippen LogP contribution in [0, 0.1) is 0 Å². The third-order valence-corrected chi connectivity index (χ3v) is 0. The van der Waals surface area contributed by atoms with E-state index in [0.29, 0.717) is 0 Å². The van der Waals surface area contributed by atoms with Gasteiger partial charge < -0.3 is 0 Å². The fourth-order valence-corrected chi connectivity index (χ4v) is 0. The molecule has 5 heteroatoms. The zero-order valence-corrected chi connectivity index (χ0v) is 2.87. The zero-order chi connectivity index (χ0) is 2.00. The van der Waals surface area contributed by atoms with Crippen molar-refractivity contribution in [2.75, 3.05) is 0 Å². The molecule has 0 amide bonds. The van der Waals surface area contributed by atoms with Crippen LogP contribution in [0.5, 0.6) is 0 Å². The Hall–Kier alpha value is 3.72. The molecule has 0 saturated carbocycles. The van der Waals surface area contributed by atoms with Gasteiger partial charge >= 0.3 is 88.7 Å². The quantitative estimate of drug-likeness (QED) is 0.301. The first kappa shape index (κ1) is 23.3. The molecule has 0 aliphatic rings. The average molecular weight is 140 g/mol. The maximum atomic E-state index is 4.56. The Morgan fingerprint density at radius 2 is 0.800 bits per heavy atom. The molecule has 0 bridgehead atoms. The molecule has 0 aromatic carbocycles. The van der Waals surface area contributed by atoms with Crippen LogP contribution in [0.4, 0.5) is 0 Å². The summed E-state index contributed by atoms with van der Waals surface area (Å²) in [6.45, 7) is 0. The summed E-state index contributed by atoms with van der Waals surface area (Å²) in [5.74, 6) is 0. The van der Waals surface area contributed by atoms with Crippen LogP contribution >= 0.6 is 19.8 Å². The van der Waals surface area contributed by atoms with Crippen molar-refractivity contribution in [3.8, 4) is 0 Å². The van der Waals surface area contributed by atoms with Gasteiger partial charge in [-0.05, 0) is 8.59 Å². The summed E-state index contributed by atoms with van der Waals surface area (Å²) in [4.78, 5) is 0. The van der Waals surface area contributed by atoms with Crippen LogP contribution in [-0.2, 0) is 0 Å². The second kappa shape index (κ2) is 25.2. The SMILES string of the molecule is PCl.[NaH].[NaH].[NaH]. The third kappa shape index (κ3) is 18.3. The molecule has 0 nitrogen and oxygen atoms in total. The van der Waals surface area contributed by atoms with E-state index in [2.05, 4.69) is 11.2 Å². The second-order valence-electron chi connectivity index (χ2n) is 0. The molecule has 0 aliphatic carbocycles. The fourth-order valence-electron chi connectivity index (χ4n) is 0. The van der Waals surface area contributed by atoms with E-state index in [0.717, 1.165) is 0 Å². The summed E-state index contributed by atoms with van der Waals surface area (Å²) in [7, 11) is 1.89. The first-order chi connectivity index (χ1) is 1.00. The summed E-state index contributed by atoms with van der Waals surface area (Å²) >= 11 is 4.56. The Balaban J connectivity index is -0.00000000167. The van der Waals surface area contributed by atoms with Crippen LogP contribution in [0.15, 0.2) is 0 Å². The first-order valence-corrected chi connectivity index (χ1v) is 1.96. The molecule has 0 heterocycles. The normalized spacial score (nSPS) is 1.20. The van der Waals surface area contributed by atoms with E-state index in [1.807, 2.05) is 8.59 Å². The van der Waals surface area contributed by atoms with E-state index in [4.69, 9.17) is 0 Å². The van der Waals surface area contributed by atoms with Crippen LogP contribution in [-0.4, -0.2) is 88.7 Å². The van der Waals surface area contributed by atoms with Crippen LogP contribution in [0.2, 0.25) is 0 Å². The molecule has 5 heavy (non-hydrogen) atoms. The summed E-state index contributed by atoms with van der Waals surface area (Å²) in [6.07, 6.45) is 0. The molecule has 0 aliphatic heterocycles. The van der Waals surface area contributed by atoms with Crippen LogP contribution in [0.25, 0.3) is 0 Å². The van der Waals surface area contributed by atoms with Gasteiger partial charge in [0.25, 0.3) is 0 Å². The van der Waals surface area contributed by atoms with E-state index in [1.165, 1.54) is 0 Å². The zero-order valence-electron chi connectivity index (χ0n) is 0.955. The minimum atomic E-state index is 0. The van der Waals surface area contributed by atoms with Gasteiger partial charge in [-0.1, -0.05) is 0 Å². The van der Waals surface area contributed by atoms with Crippen molar-refractivity contribution in [3.05, 3.63) is 0 Å². The van der Waals surface area contributed by atoms with Crippen LogP contribution in [0.3, 0.4) is 0 Å².